The van der Waals surface area contributed by atoms with Crippen LogP contribution < -0.4 is 10.6 Å². The van der Waals surface area contributed by atoms with E-state index in [0.29, 0.717) is 23.4 Å². The number of halogens is 1. The molecule has 0 heterocycles. The Morgan fingerprint density at radius 2 is 1.87 bits per heavy atom. The predicted octanol–water partition coefficient (Wildman–Crippen LogP) is 2.72. The molecular formula is C16H24BrN3O2S. The Labute approximate surface area is 147 Å². The van der Waals surface area contributed by atoms with E-state index >= 15 is 0 Å². The minimum Gasteiger partial charge on any atom is -0.355 e. The lowest BCUT2D eigenvalue weighted by Crippen LogP contribution is -2.45. The zero-order valence-electron chi connectivity index (χ0n) is 13.4. The largest absolute Gasteiger partial charge is 0.355 e. The minimum atomic E-state index is -3.28. The number of hydrogen-bond acceptors (Lipinski definition) is 3. The SMILES string of the molecule is CN=C(NCCS(=O)(=O)c1ccc(Br)cc1)NC1CCCCC1. The van der Waals surface area contributed by atoms with Gasteiger partial charge in [-0.25, -0.2) is 8.42 Å². The quantitative estimate of drug-likeness (QED) is 0.587. The van der Waals surface area contributed by atoms with E-state index < -0.39 is 9.84 Å². The van der Waals surface area contributed by atoms with E-state index in [1.54, 1.807) is 31.3 Å². The molecule has 23 heavy (non-hydrogen) atoms. The fourth-order valence-corrected chi connectivity index (χ4v) is 4.12. The highest BCUT2D eigenvalue weighted by Crippen LogP contribution is 2.17. The van der Waals surface area contributed by atoms with Crippen molar-refractivity contribution in [2.45, 2.75) is 43.0 Å². The maximum atomic E-state index is 12.3. The topological polar surface area (TPSA) is 70.6 Å². The van der Waals surface area contributed by atoms with Gasteiger partial charge in [0.25, 0.3) is 0 Å². The Balaban J connectivity index is 1.83. The van der Waals surface area contributed by atoms with Gasteiger partial charge in [-0.15, -0.1) is 0 Å². The molecule has 0 bridgehead atoms. The minimum absolute atomic E-state index is 0.0417. The molecule has 2 N–H and O–H groups in total. The summed E-state index contributed by atoms with van der Waals surface area (Å²) >= 11 is 3.31. The first kappa shape index (κ1) is 18.3. The van der Waals surface area contributed by atoms with E-state index in [2.05, 4.69) is 31.6 Å². The standard InChI is InChI=1S/C16H24BrN3O2S/c1-18-16(20-14-5-3-2-4-6-14)19-11-12-23(21,22)15-9-7-13(17)8-10-15/h7-10,14H,2-6,11-12H2,1H3,(H2,18,19,20). The number of rotatable bonds is 5. The van der Waals surface area contributed by atoms with Gasteiger partial charge in [-0.1, -0.05) is 35.2 Å². The van der Waals surface area contributed by atoms with Crippen LogP contribution in [0.4, 0.5) is 0 Å². The number of aliphatic imine (C=N–C) groups is 1. The first-order valence-electron chi connectivity index (χ1n) is 7.97. The molecule has 5 nitrogen and oxygen atoms in total. The second-order valence-corrected chi connectivity index (χ2v) is 8.78. The highest BCUT2D eigenvalue weighted by atomic mass is 79.9. The fraction of sp³-hybridized carbons (Fsp3) is 0.562. The molecule has 128 valence electrons. The highest BCUT2D eigenvalue weighted by molar-refractivity contribution is 9.10. The molecule has 0 aliphatic heterocycles. The summed E-state index contributed by atoms with van der Waals surface area (Å²) in [6.45, 7) is 0.338. The van der Waals surface area contributed by atoms with Gasteiger partial charge in [0, 0.05) is 24.1 Å². The number of nitrogens with zero attached hydrogens (tertiary/aromatic N) is 1. The van der Waals surface area contributed by atoms with Crippen LogP contribution in [0.15, 0.2) is 38.6 Å². The van der Waals surface area contributed by atoms with Gasteiger partial charge in [-0.2, -0.15) is 0 Å². The third-order valence-electron chi connectivity index (χ3n) is 4.01. The van der Waals surface area contributed by atoms with Crippen LogP contribution >= 0.6 is 15.9 Å². The fourth-order valence-electron chi connectivity index (χ4n) is 2.70. The van der Waals surface area contributed by atoms with Gasteiger partial charge in [-0.05, 0) is 37.1 Å². The van der Waals surface area contributed by atoms with Gasteiger partial charge < -0.3 is 10.6 Å². The van der Waals surface area contributed by atoms with Gasteiger partial charge in [0.15, 0.2) is 15.8 Å². The summed E-state index contributed by atoms with van der Waals surface area (Å²) in [6.07, 6.45) is 6.09. The Morgan fingerprint density at radius 3 is 2.48 bits per heavy atom. The normalized spacial score (nSPS) is 17.0. The van der Waals surface area contributed by atoms with Crippen molar-refractivity contribution >= 4 is 31.7 Å². The number of guanidine groups is 1. The summed E-state index contributed by atoms with van der Waals surface area (Å²) in [6, 6.07) is 7.16. The Kier molecular flexibility index (Phi) is 6.89. The van der Waals surface area contributed by atoms with E-state index in [1.807, 2.05) is 0 Å². The van der Waals surface area contributed by atoms with Crippen LogP contribution in [0.2, 0.25) is 0 Å². The summed E-state index contributed by atoms with van der Waals surface area (Å²) in [5, 5.41) is 6.48. The number of nitrogens with one attached hydrogen (secondary N) is 2. The molecule has 1 aliphatic rings. The molecule has 1 aromatic rings. The maximum Gasteiger partial charge on any atom is 0.191 e. The Bertz CT molecular complexity index is 623. The summed E-state index contributed by atoms with van der Waals surface area (Å²) in [4.78, 5) is 4.52. The lowest BCUT2D eigenvalue weighted by Gasteiger charge is -2.24. The molecule has 0 saturated heterocycles. The van der Waals surface area contributed by atoms with Gasteiger partial charge in [0.1, 0.15) is 0 Å². The predicted molar refractivity (Wildman–Crippen MR) is 97.6 cm³/mol. The van der Waals surface area contributed by atoms with Crippen LogP contribution in [-0.2, 0) is 9.84 Å². The average Bonchev–Trinajstić information content (AvgIpc) is 2.55. The number of sulfone groups is 1. The van der Waals surface area contributed by atoms with Crippen LogP contribution in [0, 0.1) is 0 Å². The number of benzene rings is 1. The van der Waals surface area contributed by atoms with E-state index in [-0.39, 0.29) is 5.75 Å². The molecule has 0 radical (unpaired) electrons. The Hall–Kier alpha value is -1.08. The third-order valence-corrected chi connectivity index (χ3v) is 6.27. The van der Waals surface area contributed by atoms with Crippen molar-refractivity contribution in [1.82, 2.24) is 10.6 Å². The molecule has 1 aromatic carbocycles. The summed E-state index contributed by atoms with van der Waals surface area (Å²) in [5.41, 5.74) is 0. The number of hydrogen-bond donors (Lipinski definition) is 2. The molecule has 0 aromatic heterocycles. The highest BCUT2D eigenvalue weighted by Gasteiger charge is 2.16. The summed E-state index contributed by atoms with van der Waals surface area (Å²) in [7, 11) is -1.57. The van der Waals surface area contributed by atoms with Crippen molar-refractivity contribution in [3.05, 3.63) is 28.7 Å². The summed E-state index contributed by atoms with van der Waals surface area (Å²) < 4.78 is 25.4. The first-order chi connectivity index (χ1) is 11.0. The summed E-state index contributed by atoms with van der Waals surface area (Å²) in [5.74, 6) is 0.725. The Morgan fingerprint density at radius 1 is 1.22 bits per heavy atom. The van der Waals surface area contributed by atoms with Crippen molar-refractivity contribution < 1.29 is 8.42 Å². The van der Waals surface area contributed by atoms with Gasteiger partial charge in [-0.3, -0.25) is 4.99 Å². The molecule has 1 fully saturated rings. The monoisotopic (exact) mass is 401 g/mol. The first-order valence-corrected chi connectivity index (χ1v) is 10.4. The lowest BCUT2D eigenvalue weighted by atomic mass is 9.96. The van der Waals surface area contributed by atoms with Gasteiger partial charge in [0.05, 0.1) is 10.6 Å². The van der Waals surface area contributed by atoms with E-state index in [9.17, 15) is 8.42 Å². The third kappa shape index (κ3) is 5.80. The van der Waals surface area contributed by atoms with Crippen molar-refractivity contribution in [3.63, 3.8) is 0 Å². The van der Waals surface area contributed by atoms with Crippen LogP contribution in [-0.4, -0.2) is 39.8 Å². The average molecular weight is 402 g/mol. The molecule has 0 atom stereocenters. The molecule has 1 saturated carbocycles. The van der Waals surface area contributed by atoms with Crippen molar-refractivity contribution in [2.75, 3.05) is 19.3 Å². The van der Waals surface area contributed by atoms with Crippen LogP contribution in [0.5, 0.6) is 0 Å². The molecule has 2 rings (SSSR count). The van der Waals surface area contributed by atoms with E-state index in [4.69, 9.17) is 0 Å². The van der Waals surface area contributed by atoms with Crippen LogP contribution in [0.25, 0.3) is 0 Å². The smallest absolute Gasteiger partial charge is 0.191 e. The molecule has 1 aliphatic carbocycles. The molecule has 0 unspecified atom stereocenters. The van der Waals surface area contributed by atoms with Gasteiger partial charge >= 0.3 is 0 Å². The second-order valence-electron chi connectivity index (χ2n) is 5.75. The molecule has 0 amide bonds. The van der Waals surface area contributed by atoms with Crippen molar-refractivity contribution in [2.24, 2.45) is 4.99 Å². The molecular weight excluding hydrogens is 378 g/mol. The van der Waals surface area contributed by atoms with Gasteiger partial charge in [0.2, 0.25) is 0 Å². The van der Waals surface area contributed by atoms with Crippen molar-refractivity contribution in [1.29, 1.82) is 0 Å². The van der Waals surface area contributed by atoms with E-state index in [0.717, 1.165) is 17.3 Å². The maximum absolute atomic E-state index is 12.3. The van der Waals surface area contributed by atoms with Crippen LogP contribution in [0.1, 0.15) is 32.1 Å². The zero-order valence-corrected chi connectivity index (χ0v) is 15.8. The second kappa shape index (κ2) is 8.68. The molecule has 0 spiro atoms. The van der Waals surface area contributed by atoms with Crippen molar-refractivity contribution in [3.8, 4) is 0 Å². The zero-order chi connectivity index (χ0) is 16.7. The van der Waals surface area contributed by atoms with E-state index in [1.165, 1.54) is 19.3 Å². The molecule has 7 heteroatoms. The lowest BCUT2D eigenvalue weighted by molar-refractivity contribution is 0.410. The van der Waals surface area contributed by atoms with Crippen LogP contribution in [0.3, 0.4) is 0 Å².